The van der Waals surface area contributed by atoms with Crippen LogP contribution in [-0.4, -0.2) is 16.3 Å². The molecule has 0 aliphatic heterocycles. The fraction of sp³-hybridized carbons (Fsp3) is 0.786. The molecule has 96 valence electrons. The summed E-state index contributed by atoms with van der Waals surface area (Å²) in [5, 5.41) is 8.06. The van der Waals surface area contributed by atoms with E-state index in [-0.39, 0.29) is 0 Å². The third-order valence-electron chi connectivity index (χ3n) is 3.79. The molecule has 1 unspecified atom stereocenters. The Bertz CT molecular complexity index is 328. The van der Waals surface area contributed by atoms with Gasteiger partial charge in [0.05, 0.1) is 5.69 Å². The molecular formula is C14H25N3. The van der Waals surface area contributed by atoms with Gasteiger partial charge in [0.25, 0.3) is 0 Å². The van der Waals surface area contributed by atoms with Crippen LogP contribution in [0, 0.1) is 5.92 Å². The van der Waals surface area contributed by atoms with Gasteiger partial charge in [0.1, 0.15) is 0 Å². The van der Waals surface area contributed by atoms with Crippen LogP contribution in [0.3, 0.4) is 0 Å². The van der Waals surface area contributed by atoms with Crippen molar-refractivity contribution in [3.63, 3.8) is 0 Å². The van der Waals surface area contributed by atoms with E-state index >= 15 is 0 Å². The fourth-order valence-corrected chi connectivity index (χ4v) is 2.65. The molecule has 1 fully saturated rings. The van der Waals surface area contributed by atoms with Crippen molar-refractivity contribution in [2.24, 2.45) is 5.92 Å². The van der Waals surface area contributed by atoms with Gasteiger partial charge in [-0.1, -0.05) is 33.1 Å². The zero-order chi connectivity index (χ0) is 12.1. The Labute approximate surface area is 105 Å². The molecule has 1 aliphatic rings. The van der Waals surface area contributed by atoms with Gasteiger partial charge >= 0.3 is 0 Å². The third kappa shape index (κ3) is 3.09. The van der Waals surface area contributed by atoms with Crippen molar-refractivity contribution in [3.8, 4) is 0 Å². The van der Waals surface area contributed by atoms with Crippen LogP contribution in [0.25, 0.3) is 0 Å². The maximum atomic E-state index is 4.44. The van der Waals surface area contributed by atoms with E-state index in [2.05, 4.69) is 35.0 Å². The highest BCUT2D eigenvalue weighted by atomic mass is 15.3. The van der Waals surface area contributed by atoms with Crippen molar-refractivity contribution in [2.45, 2.75) is 58.5 Å². The molecule has 1 N–H and O–H groups in total. The van der Waals surface area contributed by atoms with Crippen LogP contribution in [-0.2, 0) is 6.54 Å². The molecule has 0 bridgehead atoms. The quantitative estimate of drug-likeness (QED) is 0.787. The summed E-state index contributed by atoms with van der Waals surface area (Å²) in [6, 6.07) is 2.68. The van der Waals surface area contributed by atoms with Gasteiger partial charge in [0, 0.05) is 18.8 Å². The molecule has 17 heavy (non-hydrogen) atoms. The van der Waals surface area contributed by atoms with Crippen LogP contribution >= 0.6 is 0 Å². The zero-order valence-corrected chi connectivity index (χ0v) is 11.2. The Morgan fingerprint density at radius 1 is 1.47 bits per heavy atom. The van der Waals surface area contributed by atoms with Crippen LogP contribution < -0.4 is 5.32 Å². The number of aromatic nitrogens is 2. The number of rotatable bonds is 7. The van der Waals surface area contributed by atoms with Gasteiger partial charge < -0.3 is 5.32 Å². The molecule has 1 heterocycles. The van der Waals surface area contributed by atoms with E-state index in [1.165, 1.54) is 31.4 Å². The van der Waals surface area contributed by atoms with Gasteiger partial charge in [-0.3, -0.25) is 4.68 Å². The van der Waals surface area contributed by atoms with Gasteiger partial charge in [0.15, 0.2) is 0 Å². The number of hydrogen-bond donors (Lipinski definition) is 1. The molecule has 0 saturated heterocycles. The second-order valence-electron chi connectivity index (χ2n) is 5.12. The Kier molecular flexibility index (Phi) is 4.60. The molecule has 1 aliphatic carbocycles. The summed E-state index contributed by atoms with van der Waals surface area (Å²) in [6.45, 7) is 6.47. The molecule has 1 aromatic rings. The molecule has 1 aromatic heterocycles. The van der Waals surface area contributed by atoms with Gasteiger partial charge in [-0.25, -0.2) is 0 Å². The average molecular weight is 235 g/mol. The largest absolute Gasteiger partial charge is 0.309 e. The third-order valence-corrected chi connectivity index (χ3v) is 3.79. The first-order valence-electron chi connectivity index (χ1n) is 7.10. The number of nitrogens with zero attached hydrogens (tertiary/aromatic N) is 2. The predicted molar refractivity (Wildman–Crippen MR) is 70.9 cm³/mol. The Morgan fingerprint density at radius 3 is 2.88 bits per heavy atom. The Balaban J connectivity index is 2.04. The summed E-state index contributed by atoms with van der Waals surface area (Å²) in [5.41, 5.74) is 1.38. The molecule has 3 nitrogen and oxygen atoms in total. The average Bonchev–Trinajstić information content (AvgIpc) is 2.70. The monoisotopic (exact) mass is 235 g/mol. The van der Waals surface area contributed by atoms with Gasteiger partial charge in [0.2, 0.25) is 0 Å². The predicted octanol–water partition coefficient (Wildman–Crippen LogP) is 3.13. The highest BCUT2D eigenvalue weighted by Gasteiger charge is 2.24. The number of nitrogens with one attached hydrogen (secondary N) is 1. The summed E-state index contributed by atoms with van der Waals surface area (Å²) in [5.74, 6) is 0.934. The minimum atomic E-state index is 0.499. The van der Waals surface area contributed by atoms with Crippen LogP contribution in [0.4, 0.5) is 0 Å². The van der Waals surface area contributed by atoms with E-state index in [4.69, 9.17) is 0 Å². The van der Waals surface area contributed by atoms with E-state index in [1.54, 1.807) is 0 Å². The standard InChI is InChI=1S/C14H25N3/c1-3-10-17-14(8-9-16-17)13(15-4-2)11-12-6-5-7-12/h8-9,12-13,15H,3-7,10-11H2,1-2H3. The minimum Gasteiger partial charge on any atom is -0.309 e. The molecule has 3 heteroatoms. The molecule has 0 radical (unpaired) electrons. The lowest BCUT2D eigenvalue weighted by atomic mass is 9.80. The summed E-state index contributed by atoms with van der Waals surface area (Å²) < 4.78 is 2.17. The highest BCUT2D eigenvalue weighted by Crippen LogP contribution is 2.34. The Morgan fingerprint density at radius 2 is 2.29 bits per heavy atom. The first-order valence-corrected chi connectivity index (χ1v) is 7.10. The lowest BCUT2D eigenvalue weighted by Gasteiger charge is -2.30. The van der Waals surface area contributed by atoms with Crippen molar-refractivity contribution in [3.05, 3.63) is 18.0 Å². The first kappa shape index (κ1) is 12.6. The van der Waals surface area contributed by atoms with Crippen molar-refractivity contribution >= 4 is 0 Å². The SMILES string of the molecule is CCCn1nccc1C(CC1CCC1)NCC. The molecule has 0 amide bonds. The van der Waals surface area contributed by atoms with E-state index < -0.39 is 0 Å². The van der Waals surface area contributed by atoms with Crippen LogP contribution in [0.15, 0.2) is 12.3 Å². The van der Waals surface area contributed by atoms with E-state index in [9.17, 15) is 0 Å². The summed E-state index contributed by atoms with van der Waals surface area (Å²) >= 11 is 0. The summed E-state index contributed by atoms with van der Waals surface area (Å²) in [7, 11) is 0. The van der Waals surface area contributed by atoms with Gasteiger partial charge in [-0.15, -0.1) is 0 Å². The van der Waals surface area contributed by atoms with E-state index in [0.29, 0.717) is 6.04 Å². The summed E-state index contributed by atoms with van der Waals surface area (Å²) in [6.07, 6.45) is 8.64. The molecule has 0 aromatic carbocycles. The first-order chi connectivity index (χ1) is 8.35. The topological polar surface area (TPSA) is 29.9 Å². The van der Waals surface area contributed by atoms with Crippen LogP contribution in [0.2, 0.25) is 0 Å². The maximum Gasteiger partial charge on any atom is 0.0553 e. The second-order valence-corrected chi connectivity index (χ2v) is 5.12. The normalized spacial score (nSPS) is 18.0. The summed E-state index contributed by atoms with van der Waals surface area (Å²) in [4.78, 5) is 0. The van der Waals surface area contributed by atoms with Crippen LogP contribution in [0.5, 0.6) is 0 Å². The van der Waals surface area contributed by atoms with E-state index in [0.717, 1.165) is 25.4 Å². The van der Waals surface area contributed by atoms with E-state index in [1.807, 2.05) is 6.20 Å². The molecule has 0 spiro atoms. The lowest BCUT2D eigenvalue weighted by Crippen LogP contribution is -2.28. The van der Waals surface area contributed by atoms with Crippen LogP contribution in [0.1, 0.15) is 57.7 Å². The number of hydrogen-bond acceptors (Lipinski definition) is 2. The molecule has 1 saturated carbocycles. The fourth-order valence-electron chi connectivity index (χ4n) is 2.65. The maximum absolute atomic E-state index is 4.44. The second kappa shape index (κ2) is 6.20. The smallest absolute Gasteiger partial charge is 0.0553 e. The molecule has 1 atom stereocenters. The zero-order valence-electron chi connectivity index (χ0n) is 11.2. The Hall–Kier alpha value is -0.830. The number of aryl methyl sites for hydroxylation is 1. The van der Waals surface area contributed by atoms with Crippen molar-refractivity contribution in [1.82, 2.24) is 15.1 Å². The van der Waals surface area contributed by atoms with Crippen molar-refractivity contribution in [1.29, 1.82) is 0 Å². The highest BCUT2D eigenvalue weighted by molar-refractivity contribution is 5.07. The molecular weight excluding hydrogens is 210 g/mol. The lowest BCUT2D eigenvalue weighted by molar-refractivity contribution is 0.257. The van der Waals surface area contributed by atoms with Crippen molar-refractivity contribution in [2.75, 3.05) is 6.54 Å². The van der Waals surface area contributed by atoms with Gasteiger partial charge in [-0.2, -0.15) is 5.10 Å². The molecule has 2 rings (SSSR count). The minimum absolute atomic E-state index is 0.499. The van der Waals surface area contributed by atoms with Gasteiger partial charge in [-0.05, 0) is 31.4 Å². The van der Waals surface area contributed by atoms with Crippen molar-refractivity contribution < 1.29 is 0 Å².